The van der Waals surface area contributed by atoms with Gasteiger partial charge in [0.1, 0.15) is 0 Å². The number of hydrogen-bond acceptors (Lipinski definition) is 4. The van der Waals surface area contributed by atoms with Gasteiger partial charge in [-0.3, -0.25) is 4.98 Å². The van der Waals surface area contributed by atoms with E-state index < -0.39 is 6.10 Å². The molecule has 1 aromatic carbocycles. The van der Waals surface area contributed by atoms with E-state index in [0.29, 0.717) is 17.9 Å². The molecule has 0 aliphatic rings. The zero-order chi connectivity index (χ0) is 13.7. The quantitative estimate of drug-likeness (QED) is 0.895. The van der Waals surface area contributed by atoms with Gasteiger partial charge in [0, 0.05) is 24.4 Å². The van der Waals surface area contributed by atoms with E-state index in [1.54, 1.807) is 26.6 Å². The Labute approximate surface area is 112 Å². The third-order valence-corrected chi connectivity index (χ3v) is 2.97. The molecular formula is C15H17NO3. The van der Waals surface area contributed by atoms with Crippen LogP contribution in [0.5, 0.6) is 11.5 Å². The van der Waals surface area contributed by atoms with Gasteiger partial charge in [-0.2, -0.15) is 0 Å². The number of para-hydroxylation sites is 1. The fourth-order valence-corrected chi connectivity index (χ4v) is 2.03. The van der Waals surface area contributed by atoms with E-state index in [0.717, 1.165) is 11.1 Å². The number of aliphatic hydroxyl groups is 1. The first-order valence-corrected chi connectivity index (χ1v) is 6.04. The fraction of sp³-hybridized carbons (Fsp3) is 0.267. The summed E-state index contributed by atoms with van der Waals surface area (Å²) in [4.78, 5) is 3.96. The second-order valence-corrected chi connectivity index (χ2v) is 4.16. The summed E-state index contributed by atoms with van der Waals surface area (Å²) in [5.41, 5.74) is 1.74. The molecule has 2 aromatic rings. The van der Waals surface area contributed by atoms with Crippen molar-refractivity contribution < 1.29 is 14.6 Å². The topological polar surface area (TPSA) is 51.6 Å². The Morgan fingerprint density at radius 3 is 2.47 bits per heavy atom. The highest BCUT2D eigenvalue weighted by atomic mass is 16.5. The summed E-state index contributed by atoms with van der Waals surface area (Å²) < 4.78 is 10.6. The van der Waals surface area contributed by atoms with E-state index >= 15 is 0 Å². The number of aromatic nitrogens is 1. The number of benzene rings is 1. The van der Waals surface area contributed by atoms with Crippen LogP contribution in [0.4, 0.5) is 0 Å². The molecule has 4 heteroatoms. The molecule has 4 nitrogen and oxygen atoms in total. The van der Waals surface area contributed by atoms with Gasteiger partial charge in [-0.05, 0) is 23.8 Å². The predicted molar refractivity (Wildman–Crippen MR) is 72.4 cm³/mol. The van der Waals surface area contributed by atoms with Crippen molar-refractivity contribution in [3.8, 4) is 11.5 Å². The molecule has 0 radical (unpaired) electrons. The smallest absolute Gasteiger partial charge is 0.166 e. The largest absolute Gasteiger partial charge is 0.493 e. The van der Waals surface area contributed by atoms with Crippen LogP contribution in [0.25, 0.3) is 0 Å². The van der Waals surface area contributed by atoms with Crippen LogP contribution < -0.4 is 9.47 Å². The maximum Gasteiger partial charge on any atom is 0.166 e. The van der Waals surface area contributed by atoms with Crippen molar-refractivity contribution in [3.05, 3.63) is 53.9 Å². The van der Waals surface area contributed by atoms with E-state index in [9.17, 15) is 5.11 Å². The van der Waals surface area contributed by atoms with Crippen LogP contribution >= 0.6 is 0 Å². The van der Waals surface area contributed by atoms with Gasteiger partial charge in [-0.25, -0.2) is 0 Å². The number of ether oxygens (including phenoxy) is 2. The van der Waals surface area contributed by atoms with Gasteiger partial charge in [0.15, 0.2) is 11.5 Å². The summed E-state index contributed by atoms with van der Waals surface area (Å²) in [6.45, 7) is 0. The minimum absolute atomic E-state index is 0.506. The van der Waals surface area contributed by atoms with E-state index in [1.165, 1.54) is 0 Å². The van der Waals surface area contributed by atoms with Crippen LogP contribution in [0.2, 0.25) is 0 Å². The van der Waals surface area contributed by atoms with Crippen LogP contribution in [0.15, 0.2) is 42.7 Å². The molecular weight excluding hydrogens is 242 g/mol. The molecule has 0 aliphatic heterocycles. The minimum atomic E-state index is -0.646. The van der Waals surface area contributed by atoms with Crippen LogP contribution in [-0.2, 0) is 6.42 Å². The molecule has 1 aromatic heterocycles. The van der Waals surface area contributed by atoms with Crippen molar-refractivity contribution >= 4 is 0 Å². The molecule has 1 N–H and O–H groups in total. The lowest BCUT2D eigenvalue weighted by molar-refractivity contribution is 0.173. The monoisotopic (exact) mass is 259 g/mol. The van der Waals surface area contributed by atoms with Crippen molar-refractivity contribution in [1.82, 2.24) is 4.98 Å². The highest BCUT2D eigenvalue weighted by Gasteiger charge is 2.17. The minimum Gasteiger partial charge on any atom is -0.493 e. The van der Waals surface area contributed by atoms with Crippen molar-refractivity contribution in [1.29, 1.82) is 0 Å². The van der Waals surface area contributed by atoms with Crippen LogP contribution in [0.1, 0.15) is 17.2 Å². The Morgan fingerprint density at radius 1 is 1.11 bits per heavy atom. The number of rotatable bonds is 5. The van der Waals surface area contributed by atoms with Crippen LogP contribution in [0.3, 0.4) is 0 Å². The third kappa shape index (κ3) is 3.03. The average Bonchev–Trinajstić information content (AvgIpc) is 2.47. The Bertz CT molecular complexity index is 528. The van der Waals surface area contributed by atoms with Crippen molar-refractivity contribution in [2.45, 2.75) is 12.5 Å². The SMILES string of the molecule is COc1cccc(C(O)Cc2ccncc2)c1OC. The van der Waals surface area contributed by atoms with Gasteiger partial charge < -0.3 is 14.6 Å². The molecule has 1 unspecified atom stereocenters. The zero-order valence-electron chi connectivity index (χ0n) is 11.0. The Balaban J connectivity index is 2.26. The Morgan fingerprint density at radius 2 is 1.84 bits per heavy atom. The molecule has 100 valence electrons. The number of aliphatic hydroxyl groups excluding tert-OH is 1. The number of nitrogens with zero attached hydrogens (tertiary/aromatic N) is 1. The second-order valence-electron chi connectivity index (χ2n) is 4.16. The van der Waals surface area contributed by atoms with Crippen LogP contribution in [0, 0.1) is 0 Å². The summed E-state index contributed by atoms with van der Waals surface area (Å²) in [5, 5.41) is 10.3. The normalized spacial score (nSPS) is 11.9. The summed E-state index contributed by atoms with van der Waals surface area (Å²) in [6, 6.07) is 9.26. The third-order valence-electron chi connectivity index (χ3n) is 2.97. The molecule has 19 heavy (non-hydrogen) atoms. The first kappa shape index (κ1) is 13.4. The summed E-state index contributed by atoms with van der Waals surface area (Å²) in [5.74, 6) is 1.19. The van der Waals surface area contributed by atoms with E-state index in [1.807, 2.05) is 30.3 Å². The molecule has 1 heterocycles. The Hall–Kier alpha value is -2.07. The second kappa shape index (κ2) is 6.20. The number of methoxy groups -OCH3 is 2. The lowest BCUT2D eigenvalue weighted by Crippen LogP contribution is -2.05. The maximum atomic E-state index is 10.3. The molecule has 0 saturated carbocycles. The van der Waals surface area contributed by atoms with Gasteiger partial charge in [0.25, 0.3) is 0 Å². The fourth-order valence-electron chi connectivity index (χ4n) is 2.03. The van der Waals surface area contributed by atoms with E-state index in [2.05, 4.69) is 4.98 Å². The molecule has 1 atom stereocenters. The molecule has 0 amide bonds. The van der Waals surface area contributed by atoms with Gasteiger partial charge in [-0.1, -0.05) is 12.1 Å². The summed E-state index contributed by atoms with van der Waals surface area (Å²) in [7, 11) is 3.15. The lowest BCUT2D eigenvalue weighted by Gasteiger charge is -2.17. The highest BCUT2D eigenvalue weighted by molar-refractivity contribution is 5.47. The highest BCUT2D eigenvalue weighted by Crippen LogP contribution is 2.35. The average molecular weight is 259 g/mol. The lowest BCUT2D eigenvalue weighted by atomic mass is 10.0. The number of pyridine rings is 1. The standard InChI is InChI=1S/C15H17NO3/c1-18-14-5-3-4-12(15(14)19-2)13(17)10-11-6-8-16-9-7-11/h3-9,13,17H,10H2,1-2H3. The zero-order valence-corrected chi connectivity index (χ0v) is 11.0. The van der Waals surface area contributed by atoms with Crippen molar-refractivity contribution in [2.24, 2.45) is 0 Å². The first-order chi connectivity index (χ1) is 9.26. The summed E-state index contributed by atoms with van der Waals surface area (Å²) in [6.07, 6.45) is 3.29. The molecule has 0 saturated heterocycles. The first-order valence-electron chi connectivity index (χ1n) is 6.04. The van der Waals surface area contributed by atoms with Crippen molar-refractivity contribution in [2.75, 3.05) is 14.2 Å². The molecule has 0 fully saturated rings. The predicted octanol–water partition coefficient (Wildman–Crippen LogP) is 2.37. The molecule has 2 rings (SSSR count). The van der Waals surface area contributed by atoms with Gasteiger partial charge in [0.05, 0.1) is 20.3 Å². The van der Waals surface area contributed by atoms with Gasteiger partial charge in [-0.15, -0.1) is 0 Å². The maximum absolute atomic E-state index is 10.3. The van der Waals surface area contributed by atoms with E-state index in [-0.39, 0.29) is 0 Å². The Kier molecular flexibility index (Phi) is 4.36. The van der Waals surface area contributed by atoms with Crippen molar-refractivity contribution in [3.63, 3.8) is 0 Å². The van der Waals surface area contributed by atoms with Crippen LogP contribution in [-0.4, -0.2) is 24.3 Å². The molecule has 0 spiro atoms. The summed E-state index contributed by atoms with van der Waals surface area (Å²) >= 11 is 0. The molecule has 0 bridgehead atoms. The van der Waals surface area contributed by atoms with Gasteiger partial charge >= 0.3 is 0 Å². The number of hydrogen-bond donors (Lipinski definition) is 1. The van der Waals surface area contributed by atoms with E-state index in [4.69, 9.17) is 9.47 Å². The van der Waals surface area contributed by atoms with Gasteiger partial charge in [0.2, 0.25) is 0 Å². The molecule has 0 aliphatic carbocycles.